The standard InChI is InChI=1S/C22H27N5O5S/c23-22(24)26-27(33(31,32)18-11-2-1-3-12-18)17-10-6-9-16(13-17)19(14-20(28)29)25-21(30)15-7-4-5-8-15/h1-3,6,9-13,15,19H,4-5,7-8,14H2,(H,25,30)(H,28,29)(H4,23,24,26). The molecule has 3 rings (SSSR count). The second kappa shape index (κ2) is 10.3. The average molecular weight is 474 g/mol. The van der Waals surface area contributed by atoms with Crippen molar-refractivity contribution in [3.05, 3.63) is 60.2 Å². The zero-order chi connectivity index (χ0) is 24.0. The maximum absolute atomic E-state index is 13.2. The largest absolute Gasteiger partial charge is 0.481 e. The number of carboxylic acids is 1. The number of aliphatic carboxylic acids is 1. The number of rotatable bonds is 9. The minimum atomic E-state index is -4.17. The molecule has 1 unspecified atom stereocenters. The average Bonchev–Trinajstić information content (AvgIpc) is 3.32. The third-order valence-electron chi connectivity index (χ3n) is 5.39. The van der Waals surface area contributed by atoms with Crippen LogP contribution in [0, 0.1) is 5.92 Å². The number of carbonyl (C=O) groups is 2. The van der Waals surface area contributed by atoms with Gasteiger partial charge in [0.1, 0.15) is 0 Å². The summed E-state index contributed by atoms with van der Waals surface area (Å²) in [6, 6.07) is 12.9. The van der Waals surface area contributed by atoms with Crippen molar-refractivity contribution in [2.45, 2.75) is 43.0 Å². The van der Waals surface area contributed by atoms with E-state index >= 15 is 0 Å². The Morgan fingerprint density at radius 1 is 1.09 bits per heavy atom. The van der Waals surface area contributed by atoms with Crippen LogP contribution < -0.4 is 21.2 Å². The molecule has 11 heteroatoms. The molecule has 1 aliphatic rings. The normalized spacial score (nSPS) is 14.9. The van der Waals surface area contributed by atoms with Crippen LogP contribution in [0.2, 0.25) is 0 Å². The highest BCUT2D eigenvalue weighted by Crippen LogP contribution is 2.30. The number of anilines is 1. The van der Waals surface area contributed by atoms with E-state index < -0.39 is 28.0 Å². The van der Waals surface area contributed by atoms with Crippen LogP contribution in [-0.2, 0) is 19.6 Å². The summed E-state index contributed by atoms with van der Waals surface area (Å²) in [5, 5.41) is 16.0. The molecule has 33 heavy (non-hydrogen) atoms. The van der Waals surface area contributed by atoms with Crippen LogP contribution in [0.3, 0.4) is 0 Å². The van der Waals surface area contributed by atoms with Crippen LogP contribution in [0.5, 0.6) is 0 Å². The minimum absolute atomic E-state index is 0.0305. The van der Waals surface area contributed by atoms with Crippen LogP contribution in [0.1, 0.15) is 43.7 Å². The Morgan fingerprint density at radius 2 is 1.76 bits per heavy atom. The van der Waals surface area contributed by atoms with Gasteiger partial charge in [-0.2, -0.15) is 12.8 Å². The van der Waals surface area contributed by atoms with Crippen LogP contribution in [0.15, 0.2) is 64.6 Å². The number of nitrogens with zero attached hydrogens (tertiary/aromatic N) is 2. The van der Waals surface area contributed by atoms with Crippen molar-refractivity contribution in [2.75, 3.05) is 4.41 Å². The third-order valence-corrected chi connectivity index (χ3v) is 7.01. The van der Waals surface area contributed by atoms with Gasteiger partial charge in [0.15, 0.2) is 0 Å². The van der Waals surface area contributed by atoms with E-state index in [1.807, 2.05) is 0 Å². The summed E-state index contributed by atoms with van der Waals surface area (Å²) in [4.78, 5) is 24.1. The van der Waals surface area contributed by atoms with E-state index in [1.165, 1.54) is 24.3 Å². The Balaban J connectivity index is 1.98. The van der Waals surface area contributed by atoms with E-state index in [2.05, 4.69) is 10.4 Å². The van der Waals surface area contributed by atoms with Gasteiger partial charge in [0.05, 0.1) is 23.0 Å². The van der Waals surface area contributed by atoms with E-state index in [0.717, 1.165) is 25.7 Å². The number of benzene rings is 2. The van der Waals surface area contributed by atoms with Crippen molar-refractivity contribution in [2.24, 2.45) is 22.5 Å². The third kappa shape index (κ3) is 6.01. The number of hydrogen-bond donors (Lipinski definition) is 4. The van der Waals surface area contributed by atoms with Crippen LogP contribution in [0.25, 0.3) is 0 Å². The Kier molecular flexibility index (Phi) is 7.54. The van der Waals surface area contributed by atoms with Crippen molar-refractivity contribution in [3.8, 4) is 0 Å². The monoisotopic (exact) mass is 473 g/mol. The molecule has 1 atom stereocenters. The van der Waals surface area contributed by atoms with E-state index in [9.17, 15) is 23.1 Å². The van der Waals surface area contributed by atoms with E-state index in [1.54, 1.807) is 30.3 Å². The Hall–Kier alpha value is -3.60. The molecule has 0 aliphatic heterocycles. The summed E-state index contributed by atoms with van der Waals surface area (Å²) in [7, 11) is -4.17. The molecule has 1 fully saturated rings. The molecule has 0 radical (unpaired) electrons. The van der Waals surface area contributed by atoms with Gasteiger partial charge in [-0.3, -0.25) is 9.59 Å². The smallest absolute Gasteiger partial charge is 0.305 e. The highest BCUT2D eigenvalue weighted by molar-refractivity contribution is 7.92. The summed E-state index contributed by atoms with van der Waals surface area (Å²) in [6.07, 6.45) is 3.08. The molecule has 6 N–H and O–H groups in total. The van der Waals surface area contributed by atoms with Crippen molar-refractivity contribution < 1.29 is 23.1 Å². The lowest BCUT2D eigenvalue weighted by atomic mass is 10.0. The lowest BCUT2D eigenvalue weighted by molar-refractivity contribution is -0.138. The van der Waals surface area contributed by atoms with E-state index in [-0.39, 0.29) is 28.8 Å². The molecule has 0 heterocycles. The number of nitrogens with two attached hydrogens (primary N) is 2. The van der Waals surface area contributed by atoms with Gasteiger partial charge in [-0.05, 0) is 42.7 Å². The Morgan fingerprint density at radius 3 is 2.36 bits per heavy atom. The van der Waals surface area contributed by atoms with Gasteiger partial charge >= 0.3 is 5.97 Å². The van der Waals surface area contributed by atoms with Crippen LogP contribution in [-0.4, -0.2) is 31.4 Å². The Labute approximate surface area is 192 Å². The molecule has 1 aliphatic carbocycles. The Bertz CT molecular complexity index is 1130. The van der Waals surface area contributed by atoms with E-state index in [0.29, 0.717) is 9.98 Å². The molecular formula is C22H27N5O5S. The van der Waals surface area contributed by atoms with Gasteiger partial charge < -0.3 is 21.9 Å². The summed E-state index contributed by atoms with van der Waals surface area (Å²) >= 11 is 0. The van der Waals surface area contributed by atoms with Gasteiger partial charge in [-0.25, -0.2) is 0 Å². The molecule has 0 aromatic heterocycles. The zero-order valence-electron chi connectivity index (χ0n) is 17.9. The van der Waals surface area contributed by atoms with Crippen LogP contribution in [0.4, 0.5) is 5.69 Å². The molecular weight excluding hydrogens is 446 g/mol. The van der Waals surface area contributed by atoms with E-state index in [4.69, 9.17) is 11.5 Å². The number of amides is 1. The van der Waals surface area contributed by atoms with Gasteiger partial charge in [-0.15, -0.1) is 5.10 Å². The molecule has 0 saturated heterocycles. The number of hydrazone groups is 1. The lowest BCUT2D eigenvalue weighted by Crippen LogP contribution is -2.35. The first-order chi connectivity index (χ1) is 15.7. The first kappa shape index (κ1) is 24.1. The highest BCUT2D eigenvalue weighted by Gasteiger charge is 2.29. The van der Waals surface area contributed by atoms with Gasteiger partial charge in [0.25, 0.3) is 10.0 Å². The molecule has 1 amide bonds. The first-order valence-corrected chi connectivity index (χ1v) is 11.9. The van der Waals surface area contributed by atoms with Crippen molar-refractivity contribution in [1.82, 2.24) is 5.32 Å². The number of hydrogen-bond acceptors (Lipinski definition) is 5. The van der Waals surface area contributed by atoms with Gasteiger partial charge in [0, 0.05) is 5.92 Å². The maximum atomic E-state index is 13.2. The SMILES string of the molecule is NC(N)=NN(c1cccc(C(CC(=O)O)NC(=O)C2CCCC2)c1)S(=O)(=O)c1ccccc1. The second-order valence-electron chi connectivity index (χ2n) is 7.82. The number of carbonyl (C=O) groups excluding carboxylic acids is 1. The molecule has 2 aromatic carbocycles. The fraction of sp³-hybridized carbons (Fsp3) is 0.318. The fourth-order valence-electron chi connectivity index (χ4n) is 3.81. The summed E-state index contributed by atoms with van der Waals surface area (Å²) in [5.41, 5.74) is 11.5. The van der Waals surface area contributed by atoms with Crippen molar-refractivity contribution in [1.29, 1.82) is 0 Å². The predicted molar refractivity (Wildman–Crippen MR) is 123 cm³/mol. The van der Waals surface area contributed by atoms with Gasteiger partial charge in [0.2, 0.25) is 11.9 Å². The zero-order valence-corrected chi connectivity index (χ0v) is 18.7. The maximum Gasteiger partial charge on any atom is 0.305 e. The molecule has 1 saturated carbocycles. The highest BCUT2D eigenvalue weighted by atomic mass is 32.2. The molecule has 2 aromatic rings. The second-order valence-corrected chi connectivity index (χ2v) is 9.59. The molecule has 10 nitrogen and oxygen atoms in total. The first-order valence-electron chi connectivity index (χ1n) is 10.5. The summed E-state index contributed by atoms with van der Waals surface area (Å²) < 4.78 is 27.1. The lowest BCUT2D eigenvalue weighted by Gasteiger charge is -2.23. The summed E-state index contributed by atoms with van der Waals surface area (Å²) in [6.45, 7) is 0. The fourth-order valence-corrected chi connectivity index (χ4v) is 5.11. The predicted octanol–water partition coefficient (Wildman–Crippen LogP) is 1.89. The number of guanidine groups is 1. The molecule has 0 bridgehead atoms. The minimum Gasteiger partial charge on any atom is -0.481 e. The van der Waals surface area contributed by atoms with Crippen molar-refractivity contribution in [3.63, 3.8) is 0 Å². The van der Waals surface area contributed by atoms with Crippen LogP contribution >= 0.6 is 0 Å². The quantitative estimate of drug-likeness (QED) is 0.245. The summed E-state index contributed by atoms with van der Waals surface area (Å²) in [5.74, 6) is -1.94. The number of carboxylic acid groups (broad SMARTS) is 1. The van der Waals surface area contributed by atoms with Crippen molar-refractivity contribution >= 4 is 33.5 Å². The number of nitrogens with one attached hydrogen (secondary N) is 1. The topological polar surface area (TPSA) is 168 Å². The molecule has 0 spiro atoms. The van der Waals surface area contributed by atoms with Gasteiger partial charge in [-0.1, -0.05) is 43.2 Å². The number of sulfonamides is 1. The molecule has 176 valence electrons.